The van der Waals surface area contributed by atoms with Crippen molar-refractivity contribution < 1.29 is 0 Å². The molecule has 0 aromatic heterocycles. The van der Waals surface area contributed by atoms with Gasteiger partial charge in [0, 0.05) is 25.2 Å². The van der Waals surface area contributed by atoms with Gasteiger partial charge in [-0.15, -0.1) is 0 Å². The number of piperidine rings is 1. The van der Waals surface area contributed by atoms with E-state index in [1.807, 2.05) is 0 Å². The lowest BCUT2D eigenvalue weighted by molar-refractivity contribution is 0.119. The van der Waals surface area contributed by atoms with Crippen molar-refractivity contribution >= 4 is 0 Å². The molecule has 1 aliphatic heterocycles. The largest absolute Gasteiger partial charge is 0.327 e. The first kappa shape index (κ1) is 12.0. The van der Waals surface area contributed by atoms with Gasteiger partial charge >= 0.3 is 0 Å². The van der Waals surface area contributed by atoms with Gasteiger partial charge in [0.1, 0.15) is 0 Å². The Morgan fingerprint density at radius 1 is 1.36 bits per heavy atom. The molecule has 0 aromatic rings. The van der Waals surface area contributed by atoms with Gasteiger partial charge in [-0.2, -0.15) is 0 Å². The molecule has 1 aliphatic rings. The van der Waals surface area contributed by atoms with Gasteiger partial charge in [-0.3, -0.25) is 4.90 Å². The minimum atomic E-state index is 0.410. The predicted octanol–water partition coefficient (Wildman–Crippen LogP) is 2.23. The van der Waals surface area contributed by atoms with Crippen LogP contribution in [0.3, 0.4) is 0 Å². The molecule has 0 amide bonds. The van der Waals surface area contributed by atoms with E-state index in [4.69, 9.17) is 5.73 Å². The fourth-order valence-electron chi connectivity index (χ4n) is 2.41. The van der Waals surface area contributed by atoms with Gasteiger partial charge in [-0.1, -0.05) is 19.8 Å². The van der Waals surface area contributed by atoms with E-state index in [1.165, 1.54) is 32.2 Å². The molecule has 14 heavy (non-hydrogen) atoms. The van der Waals surface area contributed by atoms with Crippen LogP contribution in [0, 0.1) is 5.92 Å². The van der Waals surface area contributed by atoms with Crippen LogP contribution >= 0.6 is 0 Å². The van der Waals surface area contributed by atoms with Crippen LogP contribution in [-0.4, -0.2) is 30.1 Å². The highest BCUT2D eigenvalue weighted by atomic mass is 15.2. The first-order chi connectivity index (χ1) is 6.63. The molecule has 0 saturated carbocycles. The average Bonchev–Trinajstić information content (AvgIpc) is 2.14. The molecule has 2 N–H and O–H groups in total. The van der Waals surface area contributed by atoms with Gasteiger partial charge in [-0.25, -0.2) is 0 Å². The quantitative estimate of drug-likeness (QED) is 0.750. The van der Waals surface area contributed by atoms with Crippen LogP contribution in [-0.2, 0) is 0 Å². The number of hydrogen-bond acceptors (Lipinski definition) is 2. The standard InChI is InChI=1S/C12H26N2/c1-4-5-6-11-7-12(13)9-14(8-11)10(2)3/h10-12H,4-9,13H2,1-3H3. The Labute approximate surface area is 88.8 Å². The predicted molar refractivity (Wildman–Crippen MR) is 62.3 cm³/mol. The van der Waals surface area contributed by atoms with Crippen LogP contribution in [0.25, 0.3) is 0 Å². The molecule has 0 spiro atoms. The average molecular weight is 198 g/mol. The molecule has 84 valence electrons. The molecule has 1 rings (SSSR count). The van der Waals surface area contributed by atoms with Crippen molar-refractivity contribution in [3.05, 3.63) is 0 Å². The molecule has 2 unspecified atom stereocenters. The number of hydrogen-bond donors (Lipinski definition) is 1. The molecule has 0 aliphatic carbocycles. The summed E-state index contributed by atoms with van der Waals surface area (Å²) in [5.74, 6) is 0.848. The molecule has 1 saturated heterocycles. The highest BCUT2D eigenvalue weighted by Crippen LogP contribution is 2.22. The molecule has 2 nitrogen and oxygen atoms in total. The number of nitrogens with two attached hydrogens (primary N) is 1. The van der Waals surface area contributed by atoms with Crippen LogP contribution in [0.2, 0.25) is 0 Å². The number of unbranched alkanes of at least 4 members (excludes halogenated alkanes) is 1. The molecule has 2 atom stereocenters. The van der Waals surface area contributed by atoms with Crippen molar-refractivity contribution in [2.45, 2.75) is 58.5 Å². The second kappa shape index (κ2) is 5.72. The van der Waals surface area contributed by atoms with Crippen LogP contribution in [0.1, 0.15) is 46.5 Å². The summed E-state index contributed by atoms with van der Waals surface area (Å²) >= 11 is 0. The van der Waals surface area contributed by atoms with Gasteiger partial charge in [-0.05, 0) is 32.6 Å². The molecule has 1 fully saturated rings. The van der Waals surface area contributed by atoms with Crippen LogP contribution in [0.15, 0.2) is 0 Å². The third kappa shape index (κ3) is 3.58. The fraction of sp³-hybridized carbons (Fsp3) is 1.00. The summed E-state index contributed by atoms with van der Waals surface area (Å²) in [6, 6.07) is 1.07. The number of nitrogens with zero attached hydrogens (tertiary/aromatic N) is 1. The van der Waals surface area contributed by atoms with Gasteiger partial charge in [0.05, 0.1) is 0 Å². The van der Waals surface area contributed by atoms with Gasteiger partial charge in [0.25, 0.3) is 0 Å². The lowest BCUT2D eigenvalue weighted by Gasteiger charge is -2.38. The molecule has 2 heteroatoms. The maximum absolute atomic E-state index is 6.08. The Hall–Kier alpha value is -0.0800. The van der Waals surface area contributed by atoms with E-state index in [0.29, 0.717) is 12.1 Å². The summed E-state index contributed by atoms with van der Waals surface area (Å²) in [6.45, 7) is 9.18. The normalized spacial score (nSPS) is 29.8. The Kier molecular flexibility index (Phi) is 4.90. The SMILES string of the molecule is CCCCC1CC(N)CN(C(C)C)C1. The van der Waals surface area contributed by atoms with Gasteiger partial charge < -0.3 is 5.73 Å². The van der Waals surface area contributed by atoms with E-state index in [9.17, 15) is 0 Å². The molecular weight excluding hydrogens is 172 g/mol. The van der Waals surface area contributed by atoms with E-state index in [0.717, 1.165) is 12.5 Å². The van der Waals surface area contributed by atoms with Crippen molar-refractivity contribution in [1.29, 1.82) is 0 Å². The summed E-state index contributed by atoms with van der Waals surface area (Å²) in [5, 5.41) is 0. The second-order valence-corrected chi connectivity index (χ2v) is 5.05. The summed E-state index contributed by atoms with van der Waals surface area (Å²) in [4.78, 5) is 2.54. The van der Waals surface area contributed by atoms with Crippen molar-refractivity contribution in [3.8, 4) is 0 Å². The van der Waals surface area contributed by atoms with Crippen molar-refractivity contribution in [2.75, 3.05) is 13.1 Å². The third-order valence-electron chi connectivity index (χ3n) is 3.29. The zero-order chi connectivity index (χ0) is 10.6. The maximum Gasteiger partial charge on any atom is 0.0171 e. The van der Waals surface area contributed by atoms with Crippen LogP contribution in [0.4, 0.5) is 0 Å². The molecule has 1 heterocycles. The topological polar surface area (TPSA) is 29.3 Å². The van der Waals surface area contributed by atoms with Crippen molar-refractivity contribution in [1.82, 2.24) is 4.90 Å². The summed E-state index contributed by atoms with van der Waals surface area (Å²) in [7, 11) is 0. The first-order valence-electron chi connectivity index (χ1n) is 6.13. The van der Waals surface area contributed by atoms with Crippen LogP contribution in [0.5, 0.6) is 0 Å². The minimum absolute atomic E-state index is 0.410. The monoisotopic (exact) mass is 198 g/mol. The maximum atomic E-state index is 6.08. The third-order valence-corrected chi connectivity index (χ3v) is 3.29. The summed E-state index contributed by atoms with van der Waals surface area (Å²) < 4.78 is 0. The lowest BCUT2D eigenvalue weighted by atomic mass is 9.90. The van der Waals surface area contributed by atoms with E-state index >= 15 is 0 Å². The highest BCUT2D eigenvalue weighted by molar-refractivity contribution is 4.82. The van der Waals surface area contributed by atoms with E-state index in [2.05, 4.69) is 25.7 Å². The van der Waals surface area contributed by atoms with E-state index < -0.39 is 0 Å². The lowest BCUT2D eigenvalue weighted by Crippen LogP contribution is -2.49. The Morgan fingerprint density at radius 2 is 2.07 bits per heavy atom. The zero-order valence-electron chi connectivity index (χ0n) is 10.00. The van der Waals surface area contributed by atoms with Crippen LogP contribution < -0.4 is 5.73 Å². The summed E-state index contributed by atoms with van der Waals surface area (Å²) in [5.41, 5.74) is 6.08. The molecular formula is C12H26N2. The first-order valence-corrected chi connectivity index (χ1v) is 6.13. The van der Waals surface area contributed by atoms with Crippen molar-refractivity contribution in [3.63, 3.8) is 0 Å². The molecule has 0 radical (unpaired) electrons. The van der Waals surface area contributed by atoms with E-state index in [1.54, 1.807) is 0 Å². The van der Waals surface area contributed by atoms with Gasteiger partial charge in [0.15, 0.2) is 0 Å². The molecule has 0 aromatic carbocycles. The smallest absolute Gasteiger partial charge is 0.0171 e. The highest BCUT2D eigenvalue weighted by Gasteiger charge is 2.25. The van der Waals surface area contributed by atoms with E-state index in [-0.39, 0.29) is 0 Å². The van der Waals surface area contributed by atoms with Gasteiger partial charge in [0.2, 0.25) is 0 Å². The van der Waals surface area contributed by atoms with Crippen molar-refractivity contribution in [2.24, 2.45) is 11.7 Å². The number of rotatable bonds is 4. The summed E-state index contributed by atoms with van der Waals surface area (Å²) in [6.07, 6.45) is 5.29. The molecule has 0 bridgehead atoms. The Morgan fingerprint density at radius 3 is 2.64 bits per heavy atom. The zero-order valence-corrected chi connectivity index (χ0v) is 10.00. The number of likely N-dealkylation sites (tertiary alicyclic amines) is 1. The Balaban J connectivity index is 2.37. The second-order valence-electron chi connectivity index (χ2n) is 5.05. The minimum Gasteiger partial charge on any atom is -0.327 e. The fourth-order valence-corrected chi connectivity index (χ4v) is 2.41. The Bertz CT molecular complexity index is 156.